The van der Waals surface area contributed by atoms with Crippen LogP contribution in [0.4, 0.5) is 5.82 Å². The third-order valence-corrected chi connectivity index (χ3v) is 6.31. The monoisotopic (exact) mass is 487 g/mol. The predicted octanol–water partition coefficient (Wildman–Crippen LogP) is 3.83. The van der Waals surface area contributed by atoms with Crippen LogP contribution in [0.5, 0.6) is 0 Å². The number of nitriles is 2. The average Bonchev–Trinajstić information content (AvgIpc) is 3.57. The van der Waals surface area contributed by atoms with Gasteiger partial charge in [-0.05, 0) is 40.4 Å². The van der Waals surface area contributed by atoms with Gasteiger partial charge in [0.2, 0.25) is 0 Å². The number of hydrogen-bond acceptors (Lipinski definition) is 7. The molecule has 2 atom stereocenters. The van der Waals surface area contributed by atoms with E-state index in [4.69, 9.17) is 0 Å². The predicted molar refractivity (Wildman–Crippen MR) is 121 cm³/mol. The molecule has 0 aliphatic carbocycles. The van der Waals surface area contributed by atoms with Crippen molar-refractivity contribution >= 4 is 32.8 Å². The number of nitrogens with one attached hydrogen (secondary N) is 1. The van der Waals surface area contributed by atoms with Gasteiger partial charge in [0.05, 0.1) is 30.4 Å². The van der Waals surface area contributed by atoms with Gasteiger partial charge in [-0.3, -0.25) is 0 Å². The minimum absolute atomic E-state index is 0.0104. The highest BCUT2D eigenvalue weighted by Crippen LogP contribution is 2.35. The average molecular weight is 488 g/mol. The van der Waals surface area contributed by atoms with E-state index in [0.717, 1.165) is 35.3 Å². The van der Waals surface area contributed by atoms with Crippen LogP contribution >= 0.6 is 15.9 Å². The number of nitrogens with zero attached hydrogens (tertiary/aromatic N) is 8. The van der Waals surface area contributed by atoms with Gasteiger partial charge in [0.15, 0.2) is 11.5 Å². The van der Waals surface area contributed by atoms with Crippen LogP contribution in [0, 0.1) is 28.6 Å². The molecule has 0 unspecified atom stereocenters. The molecule has 0 amide bonds. The molecule has 9 nitrogen and oxygen atoms in total. The van der Waals surface area contributed by atoms with Gasteiger partial charge in [-0.2, -0.15) is 10.5 Å². The van der Waals surface area contributed by atoms with Gasteiger partial charge < -0.3 is 14.5 Å². The van der Waals surface area contributed by atoms with Gasteiger partial charge in [0.25, 0.3) is 0 Å². The smallest absolute Gasteiger partial charge is 0.184 e. The van der Waals surface area contributed by atoms with Crippen LogP contribution in [-0.4, -0.2) is 42.6 Å². The molecule has 1 fully saturated rings. The summed E-state index contributed by atoms with van der Waals surface area (Å²) in [4.78, 5) is 22.6. The summed E-state index contributed by atoms with van der Waals surface area (Å²) in [5, 5.41) is 19.9. The van der Waals surface area contributed by atoms with Crippen LogP contribution in [0.3, 0.4) is 0 Å². The molecule has 0 radical (unpaired) electrons. The fourth-order valence-electron chi connectivity index (χ4n) is 4.43. The van der Waals surface area contributed by atoms with E-state index in [-0.39, 0.29) is 12.0 Å². The van der Waals surface area contributed by atoms with E-state index in [1.165, 1.54) is 0 Å². The Bertz CT molecular complexity index is 1360. The summed E-state index contributed by atoms with van der Waals surface area (Å²) in [6, 6.07) is 8.48. The topological polar surface area (TPSA) is 123 Å². The highest BCUT2D eigenvalue weighted by molar-refractivity contribution is 9.10. The van der Waals surface area contributed by atoms with Gasteiger partial charge in [-0.1, -0.05) is 0 Å². The van der Waals surface area contributed by atoms with E-state index < -0.39 is 0 Å². The van der Waals surface area contributed by atoms with E-state index in [9.17, 15) is 10.5 Å². The van der Waals surface area contributed by atoms with E-state index >= 15 is 0 Å². The summed E-state index contributed by atoms with van der Waals surface area (Å²) >= 11 is 3.27. The van der Waals surface area contributed by atoms with E-state index in [0.29, 0.717) is 29.1 Å². The maximum absolute atomic E-state index is 9.52. The molecule has 0 spiro atoms. The summed E-state index contributed by atoms with van der Waals surface area (Å²) in [5.74, 6) is 0.836. The van der Waals surface area contributed by atoms with Crippen molar-refractivity contribution < 1.29 is 0 Å². The number of hydrogen-bond donors (Lipinski definition) is 1. The fourth-order valence-corrected chi connectivity index (χ4v) is 4.71. The molecule has 4 aromatic rings. The number of rotatable bonds is 5. The lowest BCUT2D eigenvalue weighted by Crippen LogP contribution is -2.25. The third-order valence-electron chi connectivity index (χ3n) is 5.92. The molecule has 0 aromatic carbocycles. The molecule has 0 saturated carbocycles. The Balaban J connectivity index is 1.41. The first kappa shape index (κ1) is 20.2. The van der Waals surface area contributed by atoms with E-state index in [2.05, 4.69) is 68.7 Å². The Morgan fingerprint density at radius 3 is 3.00 bits per heavy atom. The lowest BCUT2D eigenvalue weighted by atomic mass is 9.96. The Morgan fingerprint density at radius 2 is 2.16 bits per heavy atom. The number of H-pyrrole nitrogens is 1. The minimum atomic E-state index is 0.0104. The van der Waals surface area contributed by atoms with Crippen molar-refractivity contribution in [3.63, 3.8) is 0 Å². The first-order valence-electron chi connectivity index (χ1n) is 10.2. The highest BCUT2D eigenvalue weighted by Gasteiger charge is 2.32. The second-order valence-corrected chi connectivity index (χ2v) is 8.52. The Morgan fingerprint density at radius 1 is 1.25 bits per heavy atom. The highest BCUT2D eigenvalue weighted by atomic mass is 79.9. The molecule has 4 aromatic heterocycles. The maximum atomic E-state index is 9.52. The van der Waals surface area contributed by atoms with Crippen molar-refractivity contribution in [2.24, 2.45) is 5.92 Å². The summed E-state index contributed by atoms with van der Waals surface area (Å²) in [7, 11) is 0. The molecule has 0 bridgehead atoms. The van der Waals surface area contributed by atoms with Crippen molar-refractivity contribution in [1.29, 1.82) is 10.5 Å². The van der Waals surface area contributed by atoms with Gasteiger partial charge in [0, 0.05) is 42.6 Å². The van der Waals surface area contributed by atoms with Crippen LogP contribution in [0.25, 0.3) is 22.3 Å². The molecular weight excluding hydrogens is 470 g/mol. The first-order valence-corrected chi connectivity index (χ1v) is 11.0. The molecule has 1 aliphatic heterocycles. The van der Waals surface area contributed by atoms with Gasteiger partial charge in [-0.25, -0.2) is 19.9 Å². The summed E-state index contributed by atoms with van der Waals surface area (Å²) in [6.45, 7) is 1.47. The minimum Gasteiger partial charge on any atom is -0.354 e. The van der Waals surface area contributed by atoms with Crippen molar-refractivity contribution in [3.05, 3.63) is 53.5 Å². The largest absolute Gasteiger partial charge is 0.354 e. The zero-order valence-corrected chi connectivity index (χ0v) is 18.6. The third kappa shape index (κ3) is 3.59. The van der Waals surface area contributed by atoms with E-state index in [1.54, 1.807) is 12.5 Å². The van der Waals surface area contributed by atoms with Gasteiger partial charge >= 0.3 is 0 Å². The summed E-state index contributed by atoms with van der Waals surface area (Å²) in [5.41, 5.74) is 2.95. The van der Waals surface area contributed by atoms with Crippen LogP contribution in [0.1, 0.15) is 24.6 Å². The number of anilines is 1. The lowest BCUT2D eigenvalue weighted by molar-refractivity contribution is 0.360. The standard InChI is InChI=1S/C22H18BrN9/c23-19-10-27-22(17(9-25)30-19)32-8-3-14(11-32)18(1-5-24)31-7-4-15(12-31)20-16-2-6-26-21(16)29-13-28-20/h2,4,6-7,10,12-14,18H,1,3,8,11H2,(H,26,28,29)/t14-,18-/m0/s1. The molecular formula is C22H18BrN9. The molecule has 1 saturated heterocycles. The van der Waals surface area contributed by atoms with Crippen molar-refractivity contribution in [2.75, 3.05) is 18.0 Å². The van der Waals surface area contributed by atoms with E-state index in [1.807, 2.05) is 24.5 Å². The normalized spacial score (nSPS) is 16.7. The number of fused-ring (bicyclic) bond motifs is 1. The van der Waals surface area contributed by atoms with Gasteiger partial charge in [0.1, 0.15) is 22.6 Å². The second kappa shape index (κ2) is 8.40. The summed E-state index contributed by atoms with van der Waals surface area (Å²) < 4.78 is 2.66. The van der Waals surface area contributed by atoms with Crippen LogP contribution in [-0.2, 0) is 0 Å². The van der Waals surface area contributed by atoms with Crippen LogP contribution < -0.4 is 4.90 Å². The van der Waals surface area contributed by atoms with Crippen molar-refractivity contribution in [2.45, 2.75) is 18.9 Å². The Labute approximate surface area is 192 Å². The van der Waals surface area contributed by atoms with Gasteiger partial charge in [-0.15, -0.1) is 0 Å². The molecule has 5 rings (SSSR count). The Hall–Kier alpha value is -3.76. The quantitative estimate of drug-likeness (QED) is 0.453. The van der Waals surface area contributed by atoms with Crippen LogP contribution in [0.2, 0.25) is 0 Å². The number of aromatic amines is 1. The molecule has 158 valence electrons. The number of aromatic nitrogens is 6. The first-order chi connectivity index (χ1) is 15.7. The maximum Gasteiger partial charge on any atom is 0.184 e. The Kier molecular flexibility index (Phi) is 5.29. The molecule has 1 aliphatic rings. The molecule has 10 heteroatoms. The SMILES string of the molecule is N#CC[C@@H]([C@H]1CCN(c2ncc(Br)nc2C#N)C1)n1ccc(-c2ncnc3[nH]ccc23)c1. The molecule has 1 N–H and O–H groups in total. The van der Waals surface area contributed by atoms with Crippen molar-refractivity contribution in [3.8, 4) is 23.4 Å². The summed E-state index contributed by atoms with van der Waals surface area (Å²) in [6.07, 6.45) is 10.4. The zero-order chi connectivity index (χ0) is 22.1. The lowest BCUT2D eigenvalue weighted by Gasteiger charge is -2.24. The molecule has 5 heterocycles. The second-order valence-electron chi connectivity index (χ2n) is 7.71. The number of halogens is 1. The molecule has 32 heavy (non-hydrogen) atoms. The van der Waals surface area contributed by atoms with Crippen molar-refractivity contribution in [1.82, 2.24) is 29.5 Å². The fraction of sp³-hybridized carbons (Fsp3) is 0.273. The van der Waals surface area contributed by atoms with Crippen LogP contribution in [0.15, 0.2) is 47.9 Å². The zero-order valence-electron chi connectivity index (χ0n) is 17.0.